The number of carbonyl (C=O) groups is 1. The number of hydrogen-bond donors (Lipinski definition) is 1. The Kier molecular flexibility index (Phi) is 9.10. The second-order valence-electron chi connectivity index (χ2n) is 9.09. The van der Waals surface area contributed by atoms with Crippen molar-refractivity contribution in [1.29, 1.82) is 0 Å². The summed E-state index contributed by atoms with van der Waals surface area (Å²) in [7, 11) is 4.79. The molecule has 0 bridgehead atoms. The molecule has 1 N–H and O–H groups in total. The van der Waals surface area contributed by atoms with Crippen molar-refractivity contribution < 1.29 is 23.7 Å². The number of carbonyl (C=O) groups excluding carboxylic acids is 1. The third-order valence-electron chi connectivity index (χ3n) is 6.44. The molecule has 4 aromatic rings. The van der Waals surface area contributed by atoms with E-state index in [-0.39, 0.29) is 18.4 Å². The van der Waals surface area contributed by atoms with Crippen molar-refractivity contribution in [3.8, 4) is 23.0 Å². The first-order valence-corrected chi connectivity index (χ1v) is 12.8. The van der Waals surface area contributed by atoms with Gasteiger partial charge < -0.3 is 28.8 Å². The first-order valence-electron chi connectivity index (χ1n) is 12.8. The number of hydrogen-bond acceptors (Lipinski definition) is 6. The van der Waals surface area contributed by atoms with Crippen molar-refractivity contribution in [2.24, 2.45) is 0 Å². The second-order valence-corrected chi connectivity index (χ2v) is 9.09. The maximum absolute atomic E-state index is 13.0. The van der Waals surface area contributed by atoms with Gasteiger partial charge in [0.15, 0.2) is 23.0 Å². The van der Waals surface area contributed by atoms with E-state index in [9.17, 15) is 4.79 Å². The fourth-order valence-corrected chi connectivity index (χ4v) is 4.56. The number of rotatable bonds is 13. The lowest BCUT2D eigenvalue weighted by Crippen LogP contribution is -2.30. The van der Waals surface area contributed by atoms with Crippen LogP contribution in [0.3, 0.4) is 0 Å². The molecule has 1 unspecified atom stereocenters. The van der Waals surface area contributed by atoms with Gasteiger partial charge in [-0.2, -0.15) is 0 Å². The zero-order chi connectivity index (χ0) is 27.8. The molecule has 1 heterocycles. The highest BCUT2D eigenvalue weighted by Crippen LogP contribution is 2.30. The first-order chi connectivity index (χ1) is 19.0. The molecule has 0 spiro atoms. The molecule has 1 aromatic heterocycles. The van der Waals surface area contributed by atoms with Crippen molar-refractivity contribution in [2.45, 2.75) is 32.4 Å². The number of fused-ring (bicyclic) bond motifs is 1. The average Bonchev–Trinajstić information content (AvgIpc) is 3.32. The molecule has 0 saturated heterocycles. The van der Waals surface area contributed by atoms with Crippen LogP contribution >= 0.6 is 0 Å². The Morgan fingerprint density at radius 1 is 0.949 bits per heavy atom. The molecule has 39 heavy (non-hydrogen) atoms. The Morgan fingerprint density at radius 2 is 1.62 bits per heavy atom. The molecule has 0 fully saturated rings. The van der Waals surface area contributed by atoms with Crippen LogP contribution in [0.25, 0.3) is 11.0 Å². The molecule has 0 aliphatic rings. The summed E-state index contributed by atoms with van der Waals surface area (Å²) in [6.07, 6.45) is 2.82. The van der Waals surface area contributed by atoms with Crippen LogP contribution in [0.5, 0.6) is 23.0 Å². The fraction of sp³-hybridized carbons (Fsp3) is 0.290. The quantitative estimate of drug-likeness (QED) is 0.237. The predicted molar refractivity (Wildman–Crippen MR) is 152 cm³/mol. The van der Waals surface area contributed by atoms with Crippen LogP contribution in [0.2, 0.25) is 0 Å². The van der Waals surface area contributed by atoms with E-state index in [1.165, 1.54) is 0 Å². The van der Waals surface area contributed by atoms with Crippen molar-refractivity contribution in [3.63, 3.8) is 0 Å². The largest absolute Gasteiger partial charge is 0.493 e. The standard InChI is InChI=1S/C31H35N3O5/c1-6-9-22-12-15-27(29(18-22)38-5)39-17-16-34-25-11-8-7-10-24(25)33-31(34)21(2)32-30(35)20-23-13-14-26(36-3)28(19-23)37-4/h6-8,10-15,18-19,21H,1,9,16-17,20H2,2-5H3,(H,32,35). The van der Waals surface area contributed by atoms with Crippen LogP contribution in [0, 0.1) is 0 Å². The number of allylic oxidation sites excluding steroid dienone is 1. The molecule has 1 amide bonds. The lowest BCUT2D eigenvalue weighted by molar-refractivity contribution is -0.121. The summed E-state index contributed by atoms with van der Waals surface area (Å²) in [5.41, 5.74) is 3.77. The SMILES string of the molecule is C=CCc1ccc(OCCn2c(C(C)NC(=O)Cc3ccc(OC)c(OC)c3)nc3ccccc32)c(OC)c1. The van der Waals surface area contributed by atoms with E-state index in [0.717, 1.165) is 34.4 Å². The minimum Gasteiger partial charge on any atom is -0.493 e. The molecule has 0 saturated carbocycles. The molecule has 0 aliphatic carbocycles. The number of ether oxygens (including phenoxy) is 4. The number of para-hydroxylation sites is 2. The predicted octanol–water partition coefficient (Wildman–Crippen LogP) is 5.29. The summed E-state index contributed by atoms with van der Waals surface area (Å²) in [5.74, 6) is 3.21. The Labute approximate surface area is 229 Å². The molecule has 8 nitrogen and oxygen atoms in total. The minimum absolute atomic E-state index is 0.117. The molecule has 1 atom stereocenters. The highest BCUT2D eigenvalue weighted by molar-refractivity contribution is 5.80. The monoisotopic (exact) mass is 529 g/mol. The van der Waals surface area contributed by atoms with E-state index in [4.69, 9.17) is 23.9 Å². The van der Waals surface area contributed by atoms with Crippen LogP contribution in [-0.2, 0) is 24.2 Å². The van der Waals surface area contributed by atoms with E-state index in [1.807, 2.05) is 67.6 Å². The number of imidazole rings is 1. The van der Waals surface area contributed by atoms with E-state index >= 15 is 0 Å². The number of methoxy groups -OCH3 is 3. The number of nitrogens with one attached hydrogen (secondary N) is 1. The molecule has 0 radical (unpaired) electrons. The summed E-state index contributed by atoms with van der Waals surface area (Å²) >= 11 is 0. The fourth-order valence-electron chi connectivity index (χ4n) is 4.56. The molecule has 3 aromatic carbocycles. The van der Waals surface area contributed by atoms with Gasteiger partial charge in [0.1, 0.15) is 12.4 Å². The third kappa shape index (κ3) is 6.52. The van der Waals surface area contributed by atoms with Gasteiger partial charge in [-0.05, 0) is 60.9 Å². The summed E-state index contributed by atoms with van der Waals surface area (Å²) < 4.78 is 24.4. The molecular formula is C31H35N3O5. The lowest BCUT2D eigenvalue weighted by Gasteiger charge is -2.18. The van der Waals surface area contributed by atoms with Crippen LogP contribution < -0.4 is 24.3 Å². The highest BCUT2D eigenvalue weighted by atomic mass is 16.5. The summed E-state index contributed by atoms with van der Waals surface area (Å²) in [4.78, 5) is 17.8. The van der Waals surface area contributed by atoms with Gasteiger partial charge in [-0.25, -0.2) is 4.98 Å². The Hall–Kier alpha value is -4.46. The van der Waals surface area contributed by atoms with Crippen molar-refractivity contribution in [2.75, 3.05) is 27.9 Å². The molecule has 8 heteroatoms. The van der Waals surface area contributed by atoms with Crippen LogP contribution in [0.1, 0.15) is 29.9 Å². The summed E-state index contributed by atoms with van der Waals surface area (Å²) in [5, 5.41) is 3.09. The molecular weight excluding hydrogens is 494 g/mol. The Balaban J connectivity index is 1.48. The van der Waals surface area contributed by atoms with Gasteiger partial charge in [-0.3, -0.25) is 4.79 Å². The van der Waals surface area contributed by atoms with Crippen molar-refractivity contribution >= 4 is 16.9 Å². The van der Waals surface area contributed by atoms with Crippen molar-refractivity contribution in [1.82, 2.24) is 14.9 Å². The normalized spacial score (nSPS) is 11.6. The Morgan fingerprint density at radius 3 is 2.36 bits per heavy atom. The van der Waals surface area contributed by atoms with E-state index in [0.29, 0.717) is 36.1 Å². The smallest absolute Gasteiger partial charge is 0.224 e. The Bertz CT molecular complexity index is 1450. The first kappa shape index (κ1) is 27.6. The lowest BCUT2D eigenvalue weighted by atomic mass is 10.1. The van der Waals surface area contributed by atoms with E-state index in [2.05, 4.69) is 16.5 Å². The summed E-state index contributed by atoms with van der Waals surface area (Å²) in [6, 6.07) is 19.0. The molecule has 0 aliphatic heterocycles. The third-order valence-corrected chi connectivity index (χ3v) is 6.44. The van der Waals surface area contributed by atoms with Crippen LogP contribution in [-0.4, -0.2) is 43.4 Å². The highest BCUT2D eigenvalue weighted by Gasteiger charge is 2.19. The number of aromatic nitrogens is 2. The van der Waals surface area contributed by atoms with Gasteiger partial charge in [0.25, 0.3) is 0 Å². The number of amides is 1. The van der Waals surface area contributed by atoms with Gasteiger partial charge in [0, 0.05) is 0 Å². The minimum atomic E-state index is -0.322. The number of nitrogens with zero attached hydrogens (tertiary/aromatic N) is 2. The average molecular weight is 530 g/mol. The van der Waals surface area contributed by atoms with E-state index < -0.39 is 0 Å². The second kappa shape index (κ2) is 12.9. The van der Waals surface area contributed by atoms with Crippen LogP contribution in [0.4, 0.5) is 0 Å². The van der Waals surface area contributed by atoms with Crippen molar-refractivity contribution in [3.05, 3.63) is 90.3 Å². The number of benzene rings is 3. The van der Waals surface area contributed by atoms with E-state index in [1.54, 1.807) is 27.4 Å². The topological polar surface area (TPSA) is 83.8 Å². The molecule has 204 valence electrons. The van der Waals surface area contributed by atoms with Gasteiger partial charge in [-0.15, -0.1) is 6.58 Å². The van der Waals surface area contributed by atoms with Gasteiger partial charge in [0.05, 0.1) is 51.4 Å². The zero-order valence-corrected chi connectivity index (χ0v) is 22.9. The van der Waals surface area contributed by atoms with Gasteiger partial charge in [-0.1, -0.05) is 30.3 Å². The zero-order valence-electron chi connectivity index (χ0n) is 22.9. The van der Waals surface area contributed by atoms with Gasteiger partial charge in [0.2, 0.25) is 5.91 Å². The molecule has 4 rings (SSSR count). The summed E-state index contributed by atoms with van der Waals surface area (Å²) in [6.45, 7) is 6.68. The van der Waals surface area contributed by atoms with Crippen LogP contribution in [0.15, 0.2) is 73.3 Å². The van der Waals surface area contributed by atoms with Gasteiger partial charge >= 0.3 is 0 Å². The maximum atomic E-state index is 13.0. The maximum Gasteiger partial charge on any atom is 0.224 e.